The first kappa shape index (κ1) is 13.1. The summed E-state index contributed by atoms with van der Waals surface area (Å²) in [5.41, 5.74) is 1.45. The molecular weight excluding hydrogens is 220 g/mol. The number of allylic oxidation sites excluding steroid dienone is 1. The predicted molar refractivity (Wildman–Crippen MR) is 65.1 cm³/mol. The van der Waals surface area contributed by atoms with E-state index in [1.54, 1.807) is 13.0 Å². The van der Waals surface area contributed by atoms with E-state index in [1.165, 1.54) is 12.1 Å². The average molecular weight is 236 g/mol. The van der Waals surface area contributed by atoms with Gasteiger partial charge in [-0.05, 0) is 26.8 Å². The molecule has 1 rings (SSSR count). The molecule has 0 bridgehead atoms. The topological polar surface area (TPSA) is 66.8 Å². The van der Waals surface area contributed by atoms with Gasteiger partial charge in [-0.15, -0.1) is 0 Å². The lowest BCUT2D eigenvalue weighted by Gasteiger charge is -2.09. The van der Waals surface area contributed by atoms with Crippen molar-refractivity contribution in [3.63, 3.8) is 0 Å². The maximum atomic E-state index is 11.7. The third-order valence-electron chi connectivity index (χ3n) is 2.07. The lowest BCUT2D eigenvalue weighted by molar-refractivity contribution is 0.0525. The number of aromatic hydroxyl groups is 2. The van der Waals surface area contributed by atoms with Gasteiger partial charge in [0.1, 0.15) is 11.5 Å². The second-order valence-corrected chi connectivity index (χ2v) is 3.87. The smallest absolute Gasteiger partial charge is 0.339 e. The van der Waals surface area contributed by atoms with Gasteiger partial charge < -0.3 is 14.9 Å². The lowest BCUT2D eigenvalue weighted by atomic mass is 10.0. The Balaban J connectivity index is 3.35. The Morgan fingerprint density at radius 1 is 1.35 bits per heavy atom. The van der Waals surface area contributed by atoms with Gasteiger partial charge in [-0.3, -0.25) is 0 Å². The Bertz CT molecular complexity index is 457. The lowest BCUT2D eigenvalue weighted by Crippen LogP contribution is -2.06. The van der Waals surface area contributed by atoms with Crippen LogP contribution in [0, 0.1) is 0 Å². The SMILES string of the molecule is CCOC(=O)c1cc(O)cc(O)c1C=C(C)C. The monoisotopic (exact) mass is 236 g/mol. The van der Waals surface area contributed by atoms with E-state index in [0.717, 1.165) is 5.57 Å². The number of hydrogen-bond acceptors (Lipinski definition) is 4. The van der Waals surface area contributed by atoms with Crippen molar-refractivity contribution in [2.24, 2.45) is 0 Å². The fraction of sp³-hybridized carbons (Fsp3) is 0.308. The van der Waals surface area contributed by atoms with Crippen molar-refractivity contribution in [2.45, 2.75) is 20.8 Å². The number of rotatable bonds is 3. The van der Waals surface area contributed by atoms with Crippen LogP contribution in [-0.4, -0.2) is 22.8 Å². The summed E-state index contributed by atoms with van der Waals surface area (Å²) in [6, 6.07) is 2.48. The molecule has 0 radical (unpaired) electrons. The molecule has 4 nitrogen and oxygen atoms in total. The Labute approximate surface area is 100 Å². The van der Waals surface area contributed by atoms with Gasteiger partial charge in [0, 0.05) is 11.6 Å². The molecule has 0 aliphatic heterocycles. The minimum atomic E-state index is -0.564. The third-order valence-corrected chi connectivity index (χ3v) is 2.07. The highest BCUT2D eigenvalue weighted by molar-refractivity contribution is 5.95. The molecule has 0 saturated heterocycles. The number of phenolic OH excluding ortho intramolecular Hbond substituents is 2. The maximum Gasteiger partial charge on any atom is 0.339 e. The van der Waals surface area contributed by atoms with E-state index in [-0.39, 0.29) is 23.7 Å². The van der Waals surface area contributed by atoms with Crippen molar-refractivity contribution in [2.75, 3.05) is 6.61 Å². The molecule has 0 saturated carbocycles. The fourth-order valence-corrected chi connectivity index (χ4v) is 1.44. The van der Waals surface area contributed by atoms with Crippen molar-refractivity contribution in [3.8, 4) is 11.5 Å². The molecule has 17 heavy (non-hydrogen) atoms. The van der Waals surface area contributed by atoms with Crippen LogP contribution in [0.25, 0.3) is 6.08 Å². The van der Waals surface area contributed by atoms with E-state index in [0.29, 0.717) is 5.56 Å². The van der Waals surface area contributed by atoms with Gasteiger partial charge in [-0.2, -0.15) is 0 Å². The van der Waals surface area contributed by atoms with Gasteiger partial charge in [0.05, 0.1) is 12.2 Å². The zero-order valence-corrected chi connectivity index (χ0v) is 10.2. The van der Waals surface area contributed by atoms with Gasteiger partial charge in [0.15, 0.2) is 0 Å². The van der Waals surface area contributed by atoms with Gasteiger partial charge in [0.25, 0.3) is 0 Å². The molecule has 4 heteroatoms. The highest BCUT2D eigenvalue weighted by Crippen LogP contribution is 2.29. The van der Waals surface area contributed by atoms with Crippen LogP contribution in [0.3, 0.4) is 0 Å². The molecule has 0 aromatic heterocycles. The number of ether oxygens (including phenoxy) is 1. The Kier molecular flexibility index (Phi) is 4.15. The number of esters is 1. The quantitative estimate of drug-likeness (QED) is 0.792. The van der Waals surface area contributed by atoms with Gasteiger partial charge in [-0.1, -0.05) is 11.6 Å². The number of carbonyl (C=O) groups is 1. The zero-order chi connectivity index (χ0) is 13.0. The van der Waals surface area contributed by atoms with Crippen LogP contribution in [0.4, 0.5) is 0 Å². The molecule has 0 aliphatic carbocycles. The maximum absolute atomic E-state index is 11.7. The number of hydrogen-bond donors (Lipinski definition) is 2. The van der Waals surface area contributed by atoms with Gasteiger partial charge in [0.2, 0.25) is 0 Å². The van der Waals surface area contributed by atoms with Crippen LogP contribution in [-0.2, 0) is 4.74 Å². The number of phenols is 2. The predicted octanol–water partition coefficient (Wildman–Crippen LogP) is 2.70. The van der Waals surface area contributed by atoms with E-state index in [1.807, 2.05) is 13.8 Å². The molecule has 1 aromatic carbocycles. The standard InChI is InChI=1S/C13H16O4/c1-4-17-13(16)11-6-9(14)7-12(15)10(11)5-8(2)3/h5-7,14-15H,4H2,1-3H3. The van der Waals surface area contributed by atoms with E-state index in [2.05, 4.69) is 0 Å². The molecular formula is C13H16O4. The zero-order valence-electron chi connectivity index (χ0n) is 10.2. The van der Waals surface area contributed by atoms with Crippen LogP contribution in [0.15, 0.2) is 17.7 Å². The minimum absolute atomic E-state index is 0.144. The molecule has 0 fully saturated rings. The summed E-state index contributed by atoms with van der Waals surface area (Å²) >= 11 is 0. The van der Waals surface area contributed by atoms with E-state index in [4.69, 9.17) is 4.74 Å². The molecule has 0 amide bonds. The van der Waals surface area contributed by atoms with Crippen LogP contribution in [0.1, 0.15) is 36.7 Å². The summed E-state index contributed by atoms with van der Waals surface area (Å²) in [7, 11) is 0. The first-order valence-corrected chi connectivity index (χ1v) is 5.33. The summed E-state index contributed by atoms with van der Waals surface area (Å²) < 4.78 is 4.87. The molecule has 0 heterocycles. The third kappa shape index (κ3) is 3.24. The summed E-state index contributed by atoms with van der Waals surface area (Å²) in [5.74, 6) is -0.878. The highest BCUT2D eigenvalue weighted by Gasteiger charge is 2.16. The Morgan fingerprint density at radius 2 is 2.00 bits per heavy atom. The first-order valence-electron chi connectivity index (χ1n) is 5.33. The normalized spacial score (nSPS) is 9.82. The van der Waals surface area contributed by atoms with Crippen molar-refractivity contribution >= 4 is 12.0 Å². The van der Waals surface area contributed by atoms with Crippen LogP contribution in [0.5, 0.6) is 11.5 Å². The van der Waals surface area contributed by atoms with E-state index < -0.39 is 5.97 Å². The largest absolute Gasteiger partial charge is 0.508 e. The van der Waals surface area contributed by atoms with Crippen LogP contribution in [0.2, 0.25) is 0 Å². The average Bonchev–Trinajstić information content (AvgIpc) is 2.21. The van der Waals surface area contributed by atoms with Crippen LogP contribution < -0.4 is 0 Å². The molecule has 1 aromatic rings. The number of carbonyl (C=O) groups excluding carboxylic acids is 1. The number of benzene rings is 1. The minimum Gasteiger partial charge on any atom is -0.508 e. The Hall–Kier alpha value is -1.97. The molecule has 0 spiro atoms. The summed E-state index contributed by atoms with van der Waals surface area (Å²) in [6.45, 7) is 5.63. The van der Waals surface area contributed by atoms with E-state index >= 15 is 0 Å². The van der Waals surface area contributed by atoms with Crippen molar-refractivity contribution in [3.05, 3.63) is 28.8 Å². The highest BCUT2D eigenvalue weighted by atomic mass is 16.5. The molecule has 92 valence electrons. The summed E-state index contributed by atoms with van der Waals surface area (Å²) in [5, 5.41) is 19.1. The van der Waals surface area contributed by atoms with E-state index in [9.17, 15) is 15.0 Å². The van der Waals surface area contributed by atoms with Gasteiger partial charge >= 0.3 is 5.97 Å². The van der Waals surface area contributed by atoms with Gasteiger partial charge in [-0.25, -0.2) is 4.79 Å². The summed E-state index contributed by atoms with van der Waals surface area (Å²) in [6.07, 6.45) is 1.67. The van der Waals surface area contributed by atoms with Crippen LogP contribution >= 0.6 is 0 Å². The second kappa shape index (κ2) is 5.39. The molecule has 0 aliphatic rings. The summed E-state index contributed by atoms with van der Waals surface area (Å²) in [4.78, 5) is 11.7. The molecule has 2 N–H and O–H groups in total. The molecule has 0 atom stereocenters. The fourth-order valence-electron chi connectivity index (χ4n) is 1.44. The van der Waals surface area contributed by atoms with Crippen molar-refractivity contribution in [1.29, 1.82) is 0 Å². The first-order chi connectivity index (χ1) is 7.95. The Morgan fingerprint density at radius 3 is 2.53 bits per heavy atom. The second-order valence-electron chi connectivity index (χ2n) is 3.87. The molecule has 0 unspecified atom stereocenters. The van der Waals surface area contributed by atoms with Crippen molar-refractivity contribution < 1.29 is 19.7 Å². The van der Waals surface area contributed by atoms with Crippen molar-refractivity contribution in [1.82, 2.24) is 0 Å².